The van der Waals surface area contributed by atoms with E-state index in [0.717, 1.165) is 5.56 Å². The van der Waals surface area contributed by atoms with Gasteiger partial charge in [0.05, 0.1) is 13.0 Å². The quantitative estimate of drug-likeness (QED) is 0.859. The van der Waals surface area contributed by atoms with Crippen molar-refractivity contribution in [2.75, 3.05) is 7.11 Å². The molecule has 0 spiro atoms. The van der Waals surface area contributed by atoms with E-state index >= 15 is 0 Å². The summed E-state index contributed by atoms with van der Waals surface area (Å²) in [5.74, 6) is -0.939. The molecule has 3 heteroatoms. The summed E-state index contributed by atoms with van der Waals surface area (Å²) in [5, 5.41) is 10.7. The minimum absolute atomic E-state index is 0.0664. The molecule has 0 aliphatic carbocycles. The molecule has 20 heavy (non-hydrogen) atoms. The molecule has 2 atom stereocenters. The van der Waals surface area contributed by atoms with Crippen LogP contribution >= 0.6 is 0 Å². The van der Waals surface area contributed by atoms with Gasteiger partial charge in [0.1, 0.15) is 5.60 Å². The number of methoxy groups -OCH3 is 1. The summed E-state index contributed by atoms with van der Waals surface area (Å²) in [5.41, 5.74) is 0.778. The van der Waals surface area contributed by atoms with Crippen LogP contribution in [0.3, 0.4) is 0 Å². The Labute approximate surface area is 122 Å². The van der Waals surface area contributed by atoms with Gasteiger partial charge in [-0.3, -0.25) is 4.79 Å². The first-order valence-corrected chi connectivity index (χ1v) is 7.05. The fourth-order valence-corrected chi connectivity index (χ4v) is 2.44. The van der Waals surface area contributed by atoms with Crippen molar-refractivity contribution in [2.45, 2.75) is 52.1 Å². The number of esters is 1. The van der Waals surface area contributed by atoms with Gasteiger partial charge < -0.3 is 9.84 Å². The van der Waals surface area contributed by atoms with E-state index in [1.165, 1.54) is 12.7 Å². The first kappa shape index (κ1) is 16.7. The monoisotopic (exact) mass is 278 g/mol. The van der Waals surface area contributed by atoms with Gasteiger partial charge in [0.2, 0.25) is 0 Å². The van der Waals surface area contributed by atoms with Gasteiger partial charge in [-0.15, -0.1) is 0 Å². The van der Waals surface area contributed by atoms with Crippen molar-refractivity contribution in [1.29, 1.82) is 0 Å². The molecular weight excluding hydrogens is 252 g/mol. The smallest absolute Gasteiger partial charge is 0.311 e. The fraction of sp³-hybridized carbons (Fsp3) is 0.588. The summed E-state index contributed by atoms with van der Waals surface area (Å²) in [4.78, 5) is 11.8. The van der Waals surface area contributed by atoms with E-state index in [2.05, 4.69) is 20.8 Å². The van der Waals surface area contributed by atoms with Crippen LogP contribution in [-0.2, 0) is 20.5 Å². The van der Waals surface area contributed by atoms with Crippen LogP contribution in [0.15, 0.2) is 24.3 Å². The van der Waals surface area contributed by atoms with Crippen LogP contribution in [0.1, 0.15) is 52.2 Å². The minimum Gasteiger partial charge on any atom is -0.469 e. The lowest BCUT2D eigenvalue weighted by atomic mass is 9.79. The zero-order chi connectivity index (χ0) is 15.6. The Kier molecular flexibility index (Phi) is 4.98. The van der Waals surface area contributed by atoms with Gasteiger partial charge in [-0.05, 0) is 29.9 Å². The van der Waals surface area contributed by atoms with E-state index in [1.807, 2.05) is 31.2 Å². The van der Waals surface area contributed by atoms with Crippen molar-refractivity contribution < 1.29 is 14.6 Å². The molecule has 0 heterocycles. The predicted octanol–water partition coefficient (Wildman–Crippen LogP) is 3.39. The summed E-state index contributed by atoms with van der Waals surface area (Å²) >= 11 is 0. The number of aliphatic hydroxyl groups is 1. The molecule has 3 nitrogen and oxygen atoms in total. The Morgan fingerprint density at radius 2 is 1.60 bits per heavy atom. The summed E-state index contributed by atoms with van der Waals surface area (Å²) in [6.07, 6.45) is 0.528. The van der Waals surface area contributed by atoms with E-state index in [4.69, 9.17) is 4.74 Å². The number of hydrogen-bond donors (Lipinski definition) is 1. The van der Waals surface area contributed by atoms with Gasteiger partial charge in [-0.25, -0.2) is 0 Å². The number of carbonyl (C=O) groups excluding carboxylic acids is 1. The Morgan fingerprint density at radius 1 is 1.15 bits per heavy atom. The Morgan fingerprint density at radius 3 is 1.95 bits per heavy atom. The molecule has 0 bridgehead atoms. The SMILES string of the molecule is CCC(C(=O)OC)C(C)(O)c1ccc(C(C)(C)C)cc1. The zero-order valence-corrected chi connectivity index (χ0v) is 13.4. The van der Waals surface area contributed by atoms with E-state index in [9.17, 15) is 9.90 Å². The second-order valence-electron chi connectivity index (χ2n) is 6.46. The van der Waals surface area contributed by atoms with Crippen LogP contribution in [0.2, 0.25) is 0 Å². The second-order valence-corrected chi connectivity index (χ2v) is 6.46. The molecule has 1 rings (SSSR count). The van der Waals surface area contributed by atoms with Gasteiger partial charge in [-0.2, -0.15) is 0 Å². The highest BCUT2D eigenvalue weighted by Crippen LogP contribution is 2.33. The molecule has 2 unspecified atom stereocenters. The molecule has 0 saturated heterocycles. The highest BCUT2D eigenvalue weighted by Gasteiger charge is 2.38. The number of benzene rings is 1. The average Bonchev–Trinajstić information content (AvgIpc) is 2.38. The number of rotatable bonds is 4. The zero-order valence-electron chi connectivity index (χ0n) is 13.4. The van der Waals surface area contributed by atoms with Crippen LogP contribution in [-0.4, -0.2) is 18.2 Å². The number of carbonyl (C=O) groups is 1. The second kappa shape index (κ2) is 5.96. The molecule has 0 fully saturated rings. The molecule has 0 aliphatic rings. The van der Waals surface area contributed by atoms with Crippen molar-refractivity contribution >= 4 is 5.97 Å². The van der Waals surface area contributed by atoms with E-state index < -0.39 is 11.5 Å². The molecule has 1 N–H and O–H groups in total. The van der Waals surface area contributed by atoms with Gasteiger partial charge in [0.25, 0.3) is 0 Å². The summed E-state index contributed by atoms with van der Waals surface area (Å²) in [6.45, 7) is 9.97. The molecule has 1 aromatic carbocycles. The molecule has 112 valence electrons. The Hall–Kier alpha value is -1.35. The standard InChI is InChI=1S/C17H26O3/c1-7-14(15(18)20-6)17(5,19)13-10-8-12(9-11-13)16(2,3)4/h8-11,14,19H,7H2,1-6H3. The van der Waals surface area contributed by atoms with Gasteiger partial charge in [0, 0.05) is 0 Å². The largest absolute Gasteiger partial charge is 0.469 e. The average molecular weight is 278 g/mol. The lowest BCUT2D eigenvalue weighted by molar-refractivity contribution is -0.155. The van der Waals surface area contributed by atoms with E-state index in [1.54, 1.807) is 6.92 Å². The highest BCUT2D eigenvalue weighted by molar-refractivity contribution is 5.74. The van der Waals surface area contributed by atoms with Crippen molar-refractivity contribution in [1.82, 2.24) is 0 Å². The van der Waals surface area contributed by atoms with E-state index in [-0.39, 0.29) is 11.4 Å². The maximum absolute atomic E-state index is 11.8. The van der Waals surface area contributed by atoms with Crippen molar-refractivity contribution in [3.05, 3.63) is 35.4 Å². The van der Waals surface area contributed by atoms with E-state index in [0.29, 0.717) is 6.42 Å². The molecule has 0 amide bonds. The molecule has 0 aromatic heterocycles. The van der Waals surface area contributed by atoms with Crippen molar-refractivity contribution in [3.63, 3.8) is 0 Å². The topological polar surface area (TPSA) is 46.5 Å². The third-order valence-corrected chi connectivity index (χ3v) is 3.91. The molecule has 0 aliphatic heterocycles. The Bertz CT molecular complexity index is 452. The van der Waals surface area contributed by atoms with Crippen LogP contribution in [0.5, 0.6) is 0 Å². The third-order valence-electron chi connectivity index (χ3n) is 3.91. The van der Waals surface area contributed by atoms with Crippen molar-refractivity contribution in [3.8, 4) is 0 Å². The van der Waals surface area contributed by atoms with Crippen molar-refractivity contribution in [2.24, 2.45) is 5.92 Å². The Balaban J connectivity index is 3.12. The normalized spacial score (nSPS) is 16.4. The number of ether oxygens (including phenoxy) is 1. The number of hydrogen-bond acceptors (Lipinski definition) is 3. The predicted molar refractivity (Wildman–Crippen MR) is 80.5 cm³/mol. The van der Waals surface area contributed by atoms with Crippen LogP contribution in [0.25, 0.3) is 0 Å². The van der Waals surface area contributed by atoms with Gasteiger partial charge in [0.15, 0.2) is 0 Å². The minimum atomic E-state index is -1.22. The molecule has 0 saturated carbocycles. The van der Waals surface area contributed by atoms with Crippen LogP contribution < -0.4 is 0 Å². The third kappa shape index (κ3) is 3.40. The summed E-state index contributed by atoms with van der Waals surface area (Å²) in [7, 11) is 1.35. The lowest BCUT2D eigenvalue weighted by Crippen LogP contribution is -2.37. The van der Waals surface area contributed by atoms with Crippen LogP contribution in [0.4, 0.5) is 0 Å². The molecule has 1 aromatic rings. The molecular formula is C17H26O3. The van der Waals surface area contributed by atoms with Gasteiger partial charge >= 0.3 is 5.97 Å². The maximum atomic E-state index is 11.8. The summed E-state index contributed by atoms with van der Waals surface area (Å²) < 4.78 is 4.79. The first-order chi connectivity index (χ1) is 9.14. The maximum Gasteiger partial charge on any atom is 0.311 e. The fourth-order valence-electron chi connectivity index (χ4n) is 2.44. The highest BCUT2D eigenvalue weighted by atomic mass is 16.5. The van der Waals surface area contributed by atoms with Crippen LogP contribution in [0, 0.1) is 5.92 Å². The lowest BCUT2D eigenvalue weighted by Gasteiger charge is -2.31. The van der Waals surface area contributed by atoms with Gasteiger partial charge in [-0.1, -0.05) is 52.0 Å². The first-order valence-electron chi connectivity index (χ1n) is 7.05. The summed E-state index contributed by atoms with van der Waals surface area (Å²) in [6, 6.07) is 7.81. The molecule has 0 radical (unpaired) electrons.